The average Bonchev–Trinajstić information content (AvgIpc) is 2.94. The van der Waals surface area contributed by atoms with Crippen LogP contribution in [0, 0.1) is 5.92 Å². The van der Waals surface area contributed by atoms with E-state index in [1.165, 1.54) is 0 Å². The molecule has 0 aliphatic carbocycles. The summed E-state index contributed by atoms with van der Waals surface area (Å²) < 4.78 is 0. The Labute approximate surface area is 221 Å². The smallest absolute Gasteiger partial charge is 0.117 e. The molecule has 4 nitrogen and oxygen atoms in total. The molecule has 1 unspecified atom stereocenters. The molecule has 4 rings (SSSR count). The standard InChI is InChI=1S/C33H41NO3/c1-25(35)32(2,3)27-18-16-26(17-19-27)31(36)15-10-22-34-23-20-30(21-24-34)33(37,28-11-6-4-7-12-28)29-13-8-5-9-14-29/h4-9,11-14,16-19,30-31,35-37H,1,10,15,20-24H2,2-3H3. The fraction of sp³-hybridized carbons (Fsp3) is 0.394. The van der Waals surface area contributed by atoms with Crippen LogP contribution in [-0.2, 0) is 11.0 Å². The van der Waals surface area contributed by atoms with Gasteiger partial charge in [0.25, 0.3) is 0 Å². The second-order valence-corrected chi connectivity index (χ2v) is 11.0. The number of piperidine rings is 1. The van der Waals surface area contributed by atoms with Crippen molar-refractivity contribution in [1.82, 2.24) is 4.90 Å². The molecule has 3 aromatic rings. The Bertz CT molecular complexity index is 1090. The molecule has 4 heteroatoms. The van der Waals surface area contributed by atoms with Gasteiger partial charge in [0.05, 0.1) is 11.9 Å². The molecule has 0 spiro atoms. The maximum absolute atomic E-state index is 12.1. The van der Waals surface area contributed by atoms with Crippen molar-refractivity contribution < 1.29 is 15.3 Å². The van der Waals surface area contributed by atoms with E-state index in [9.17, 15) is 15.3 Å². The first-order chi connectivity index (χ1) is 17.7. The van der Waals surface area contributed by atoms with Crippen molar-refractivity contribution in [3.8, 4) is 0 Å². The van der Waals surface area contributed by atoms with Crippen LogP contribution in [0.3, 0.4) is 0 Å². The average molecular weight is 500 g/mol. The van der Waals surface area contributed by atoms with E-state index in [1.54, 1.807) is 0 Å². The predicted molar refractivity (Wildman–Crippen MR) is 150 cm³/mol. The minimum atomic E-state index is -0.992. The molecule has 1 aliphatic rings. The molecule has 3 N–H and O–H groups in total. The zero-order valence-electron chi connectivity index (χ0n) is 22.2. The maximum Gasteiger partial charge on any atom is 0.117 e. The fourth-order valence-electron chi connectivity index (χ4n) is 5.56. The van der Waals surface area contributed by atoms with Crippen LogP contribution in [0.25, 0.3) is 0 Å². The van der Waals surface area contributed by atoms with E-state index in [2.05, 4.69) is 11.5 Å². The second kappa shape index (κ2) is 11.6. The number of aliphatic hydroxyl groups is 3. The Morgan fingerprint density at radius 2 is 1.38 bits per heavy atom. The van der Waals surface area contributed by atoms with E-state index in [0.29, 0.717) is 6.42 Å². The van der Waals surface area contributed by atoms with Gasteiger partial charge in [-0.25, -0.2) is 0 Å². The van der Waals surface area contributed by atoms with Gasteiger partial charge < -0.3 is 20.2 Å². The molecule has 1 fully saturated rings. The third-order valence-corrected chi connectivity index (χ3v) is 8.30. The Balaban J connectivity index is 1.31. The molecule has 37 heavy (non-hydrogen) atoms. The third-order valence-electron chi connectivity index (χ3n) is 8.30. The van der Waals surface area contributed by atoms with Crippen molar-refractivity contribution in [2.45, 2.75) is 56.7 Å². The molecule has 0 aromatic heterocycles. The summed E-state index contributed by atoms with van der Waals surface area (Å²) in [6, 6.07) is 28.0. The first-order valence-corrected chi connectivity index (χ1v) is 13.5. The summed E-state index contributed by atoms with van der Waals surface area (Å²) in [6.07, 6.45) is 2.96. The largest absolute Gasteiger partial charge is 0.512 e. The monoisotopic (exact) mass is 499 g/mol. The summed E-state index contributed by atoms with van der Waals surface area (Å²) in [4.78, 5) is 2.46. The fourth-order valence-corrected chi connectivity index (χ4v) is 5.56. The minimum Gasteiger partial charge on any atom is -0.512 e. The minimum absolute atomic E-state index is 0.135. The van der Waals surface area contributed by atoms with Gasteiger partial charge in [0.15, 0.2) is 0 Å². The summed E-state index contributed by atoms with van der Waals surface area (Å²) >= 11 is 0. The first-order valence-electron chi connectivity index (χ1n) is 13.5. The van der Waals surface area contributed by atoms with Crippen LogP contribution >= 0.6 is 0 Å². The van der Waals surface area contributed by atoms with Crippen LogP contribution in [0.4, 0.5) is 0 Å². The molecular formula is C33H41NO3. The molecule has 1 aliphatic heterocycles. The summed E-state index contributed by atoms with van der Waals surface area (Å²) in [5.74, 6) is 0.285. The predicted octanol–water partition coefficient (Wildman–Crippen LogP) is 6.50. The molecule has 196 valence electrons. The summed E-state index contributed by atoms with van der Waals surface area (Å²) in [5, 5.41) is 32.7. The number of rotatable bonds is 10. The summed E-state index contributed by atoms with van der Waals surface area (Å²) in [5.41, 5.74) is 2.29. The second-order valence-electron chi connectivity index (χ2n) is 11.0. The van der Waals surface area contributed by atoms with Gasteiger partial charge in [0, 0.05) is 5.41 Å². The van der Waals surface area contributed by atoms with Crippen molar-refractivity contribution in [3.05, 3.63) is 120 Å². The van der Waals surface area contributed by atoms with E-state index >= 15 is 0 Å². The number of allylic oxidation sites excluding steroid dienone is 1. The van der Waals surface area contributed by atoms with Gasteiger partial charge in [-0.05, 0) is 87.3 Å². The molecule has 3 aromatic carbocycles. The SMILES string of the molecule is C=C(O)C(C)(C)c1ccc(C(O)CCCN2CCC(C(O)(c3ccccc3)c3ccccc3)CC2)cc1. The lowest BCUT2D eigenvalue weighted by Gasteiger charge is -2.42. The van der Waals surface area contributed by atoms with E-state index in [4.69, 9.17) is 0 Å². The lowest BCUT2D eigenvalue weighted by Crippen LogP contribution is -2.44. The number of benzene rings is 3. The van der Waals surface area contributed by atoms with E-state index in [0.717, 1.165) is 61.2 Å². The van der Waals surface area contributed by atoms with E-state index in [-0.39, 0.29) is 11.7 Å². The Morgan fingerprint density at radius 3 is 1.86 bits per heavy atom. The van der Waals surface area contributed by atoms with Gasteiger partial charge in [-0.1, -0.05) is 91.5 Å². The summed E-state index contributed by atoms with van der Waals surface area (Å²) in [7, 11) is 0. The van der Waals surface area contributed by atoms with Crippen molar-refractivity contribution in [2.75, 3.05) is 19.6 Å². The molecule has 0 radical (unpaired) electrons. The third kappa shape index (κ3) is 5.98. The molecule has 0 bridgehead atoms. The molecule has 0 amide bonds. The lowest BCUT2D eigenvalue weighted by atomic mass is 9.72. The van der Waals surface area contributed by atoms with Gasteiger partial charge in [0.2, 0.25) is 0 Å². The maximum atomic E-state index is 12.1. The highest BCUT2D eigenvalue weighted by atomic mass is 16.3. The molecule has 1 atom stereocenters. The van der Waals surface area contributed by atoms with Crippen molar-refractivity contribution in [2.24, 2.45) is 5.92 Å². The topological polar surface area (TPSA) is 63.9 Å². The van der Waals surface area contributed by atoms with Crippen LogP contribution in [0.2, 0.25) is 0 Å². The molecule has 1 saturated heterocycles. The van der Waals surface area contributed by atoms with Crippen molar-refractivity contribution in [1.29, 1.82) is 0 Å². The van der Waals surface area contributed by atoms with Gasteiger partial charge in [-0.2, -0.15) is 0 Å². The van der Waals surface area contributed by atoms with Crippen LogP contribution in [0.5, 0.6) is 0 Å². The van der Waals surface area contributed by atoms with Crippen LogP contribution in [0.15, 0.2) is 97.3 Å². The quantitative estimate of drug-likeness (QED) is 0.279. The van der Waals surface area contributed by atoms with Crippen LogP contribution in [-0.4, -0.2) is 39.9 Å². The van der Waals surface area contributed by atoms with Gasteiger partial charge in [-0.3, -0.25) is 0 Å². The highest BCUT2D eigenvalue weighted by molar-refractivity contribution is 5.37. The highest BCUT2D eigenvalue weighted by Crippen LogP contribution is 2.42. The van der Waals surface area contributed by atoms with E-state index in [1.807, 2.05) is 98.8 Å². The van der Waals surface area contributed by atoms with Crippen LogP contribution in [0.1, 0.15) is 67.9 Å². The van der Waals surface area contributed by atoms with E-state index < -0.39 is 17.1 Å². The van der Waals surface area contributed by atoms with Crippen LogP contribution < -0.4 is 0 Å². The molecule has 0 saturated carbocycles. The van der Waals surface area contributed by atoms with Crippen molar-refractivity contribution in [3.63, 3.8) is 0 Å². The number of likely N-dealkylation sites (tertiary alicyclic amines) is 1. The number of hydrogen-bond donors (Lipinski definition) is 3. The Kier molecular flexibility index (Phi) is 8.53. The Morgan fingerprint density at radius 1 is 0.865 bits per heavy atom. The number of nitrogens with zero attached hydrogens (tertiary/aromatic N) is 1. The Hall–Kier alpha value is -2.92. The number of aliphatic hydroxyl groups excluding tert-OH is 2. The van der Waals surface area contributed by atoms with Gasteiger partial charge in [-0.15, -0.1) is 0 Å². The number of hydrogen-bond acceptors (Lipinski definition) is 4. The van der Waals surface area contributed by atoms with Crippen molar-refractivity contribution >= 4 is 0 Å². The highest BCUT2D eigenvalue weighted by Gasteiger charge is 2.41. The zero-order valence-corrected chi connectivity index (χ0v) is 22.2. The van der Waals surface area contributed by atoms with Gasteiger partial charge in [0.1, 0.15) is 5.60 Å². The van der Waals surface area contributed by atoms with Gasteiger partial charge >= 0.3 is 0 Å². The molecular weight excluding hydrogens is 458 g/mol. The lowest BCUT2D eigenvalue weighted by molar-refractivity contribution is -0.0146. The normalized spacial score (nSPS) is 16.4. The zero-order chi connectivity index (χ0) is 26.5. The first kappa shape index (κ1) is 27.1. The molecule has 1 heterocycles. The summed E-state index contributed by atoms with van der Waals surface area (Å²) in [6.45, 7) is 10.4.